The van der Waals surface area contributed by atoms with Crippen LogP contribution in [0.15, 0.2) is 36.8 Å². The monoisotopic (exact) mass is 422 g/mol. The highest BCUT2D eigenvalue weighted by molar-refractivity contribution is 5.75. The van der Waals surface area contributed by atoms with Crippen LogP contribution in [0.25, 0.3) is 11.3 Å². The smallest absolute Gasteiger partial charge is 0.315 e. The van der Waals surface area contributed by atoms with E-state index in [0.717, 1.165) is 44.2 Å². The number of benzene rings is 1. The number of aliphatic hydroxyl groups excluding tert-OH is 1. The van der Waals surface area contributed by atoms with Crippen molar-refractivity contribution in [1.29, 1.82) is 0 Å². The molecule has 2 aromatic rings. The van der Waals surface area contributed by atoms with E-state index in [-0.39, 0.29) is 34.7 Å². The van der Waals surface area contributed by atoms with Crippen molar-refractivity contribution in [1.82, 2.24) is 20.2 Å². The number of aromatic nitrogens is 2. The maximum Gasteiger partial charge on any atom is 0.315 e. The molecule has 3 fully saturated rings. The van der Waals surface area contributed by atoms with Crippen LogP contribution < -0.4 is 10.6 Å². The van der Waals surface area contributed by atoms with Gasteiger partial charge in [0.25, 0.3) is 0 Å². The van der Waals surface area contributed by atoms with E-state index >= 15 is 0 Å². The summed E-state index contributed by atoms with van der Waals surface area (Å²) in [5.41, 5.74) is 3.27. The summed E-state index contributed by atoms with van der Waals surface area (Å²) in [6.07, 6.45) is 9.91. The maximum atomic E-state index is 12.5. The highest BCUT2D eigenvalue weighted by Gasteiger charge is 2.53. The fourth-order valence-corrected chi connectivity index (χ4v) is 6.15. The van der Waals surface area contributed by atoms with Crippen LogP contribution in [0, 0.1) is 5.41 Å². The summed E-state index contributed by atoms with van der Waals surface area (Å²) in [4.78, 5) is 16.8. The van der Waals surface area contributed by atoms with Gasteiger partial charge in [-0.15, -0.1) is 0 Å². The quantitative estimate of drug-likeness (QED) is 0.683. The molecular formula is C25H34N4O2. The number of hydrogen-bond acceptors (Lipinski definition) is 3. The fourth-order valence-electron chi connectivity index (χ4n) is 6.15. The van der Waals surface area contributed by atoms with Crippen LogP contribution in [0.5, 0.6) is 0 Å². The number of rotatable bonds is 4. The summed E-state index contributed by atoms with van der Waals surface area (Å²) in [6.45, 7) is 6.00. The number of urea groups is 1. The van der Waals surface area contributed by atoms with Gasteiger partial charge in [0.1, 0.15) is 0 Å². The Bertz CT molecular complexity index is 965. The molecular weight excluding hydrogens is 388 g/mol. The lowest BCUT2D eigenvalue weighted by Gasteiger charge is -2.55. The minimum atomic E-state index is -0.361. The number of nitrogens with one attached hydrogen (secondary N) is 2. The molecule has 2 unspecified atom stereocenters. The van der Waals surface area contributed by atoms with Gasteiger partial charge in [0.05, 0.1) is 30.4 Å². The Balaban J connectivity index is 1.28. The molecule has 6 rings (SSSR count). The van der Waals surface area contributed by atoms with E-state index in [1.165, 1.54) is 11.1 Å². The lowest BCUT2D eigenvalue weighted by Crippen LogP contribution is -2.62. The third-order valence-electron chi connectivity index (χ3n) is 7.92. The van der Waals surface area contributed by atoms with Crippen LogP contribution in [0.4, 0.5) is 4.79 Å². The number of fused-ring (bicyclic) bond motifs is 6. The van der Waals surface area contributed by atoms with E-state index in [2.05, 4.69) is 44.5 Å². The van der Waals surface area contributed by atoms with Crippen molar-refractivity contribution in [3.05, 3.63) is 42.4 Å². The summed E-state index contributed by atoms with van der Waals surface area (Å²) in [5, 5.41) is 17.8. The molecule has 2 heterocycles. The lowest BCUT2D eigenvalue weighted by molar-refractivity contribution is -0.0735. The molecule has 4 aliphatic rings. The molecule has 2 atom stereocenters. The summed E-state index contributed by atoms with van der Waals surface area (Å²) in [5.74, 6) is 0. The molecule has 166 valence electrons. The Morgan fingerprint density at radius 1 is 1.19 bits per heavy atom. The molecule has 31 heavy (non-hydrogen) atoms. The molecule has 1 aromatic heterocycles. The van der Waals surface area contributed by atoms with Gasteiger partial charge < -0.3 is 20.3 Å². The van der Waals surface area contributed by atoms with Crippen molar-refractivity contribution < 1.29 is 9.90 Å². The van der Waals surface area contributed by atoms with E-state index in [0.29, 0.717) is 6.42 Å². The van der Waals surface area contributed by atoms with Gasteiger partial charge in [0.2, 0.25) is 0 Å². The third-order valence-corrected chi connectivity index (χ3v) is 7.92. The van der Waals surface area contributed by atoms with Gasteiger partial charge in [0, 0.05) is 16.6 Å². The zero-order valence-corrected chi connectivity index (χ0v) is 18.8. The average Bonchev–Trinajstić information content (AvgIpc) is 3.30. The van der Waals surface area contributed by atoms with Crippen molar-refractivity contribution >= 4 is 6.03 Å². The summed E-state index contributed by atoms with van der Waals surface area (Å²) in [7, 11) is 0. The van der Waals surface area contributed by atoms with Crippen LogP contribution in [0.1, 0.15) is 77.3 Å². The number of imidazole rings is 1. The molecule has 3 saturated carbocycles. The SMILES string of the molecule is CC(C)(C)NC(=O)NC12CCC(C(O)CC3c4ccccc4-c4cncn43)(CC1)CC2. The Hall–Kier alpha value is -2.34. The normalized spacial score (nSPS) is 29.9. The van der Waals surface area contributed by atoms with Gasteiger partial charge in [-0.3, -0.25) is 0 Å². The van der Waals surface area contributed by atoms with Crippen molar-refractivity contribution in [2.75, 3.05) is 0 Å². The number of carbonyl (C=O) groups is 1. The lowest BCUT2D eigenvalue weighted by atomic mass is 9.54. The first kappa shape index (κ1) is 20.6. The first-order chi connectivity index (χ1) is 14.7. The maximum absolute atomic E-state index is 12.5. The first-order valence-corrected chi connectivity index (χ1v) is 11.6. The van der Waals surface area contributed by atoms with Crippen molar-refractivity contribution in [2.45, 2.75) is 88.9 Å². The topological polar surface area (TPSA) is 79.2 Å². The minimum Gasteiger partial charge on any atom is -0.392 e. The Morgan fingerprint density at radius 2 is 1.87 bits per heavy atom. The Kier molecular flexibility index (Phi) is 4.70. The van der Waals surface area contributed by atoms with E-state index in [4.69, 9.17) is 0 Å². The second-order valence-electron chi connectivity index (χ2n) is 11.0. The van der Waals surface area contributed by atoms with E-state index in [1.807, 2.05) is 33.3 Å². The van der Waals surface area contributed by atoms with Crippen molar-refractivity contribution in [3.8, 4) is 11.3 Å². The van der Waals surface area contributed by atoms with E-state index < -0.39 is 0 Å². The van der Waals surface area contributed by atoms with Gasteiger partial charge in [0.15, 0.2) is 0 Å². The molecule has 0 spiro atoms. The van der Waals surface area contributed by atoms with Crippen LogP contribution in [0.2, 0.25) is 0 Å². The molecule has 0 radical (unpaired) electrons. The van der Waals surface area contributed by atoms with Crippen LogP contribution in [-0.2, 0) is 0 Å². The van der Waals surface area contributed by atoms with Crippen molar-refractivity contribution in [2.24, 2.45) is 5.41 Å². The molecule has 2 amide bonds. The second-order valence-corrected chi connectivity index (χ2v) is 11.0. The van der Waals surface area contributed by atoms with Gasteiger partial charge >= 0.3 is 6.03 Å². The van der Waals surface area contributed by atoms with Crippen LogP contribution >= 0.6 is 0 Å². The number of nitrogens with zero attached hydrogens (tertiary/aromatic N) is 2. The number of aliphatic hydroxyl groups is 1. The fraction of sp³-hybridized carbons (Fsp3) is 0.600. The van der Waals surface area contributed by atoms with Crippen LogP contribution in [0.3, 0.4) is 0 Å². The highest BCUT2D eigenvalue weighted by atomic mass is 16.3. The predicted molar refractivity (Wildman–Crippen MR) is 121 cm³/mol. The van der Waals surface area contributed by atoms with Gasteiger partial charge in [-0.05, 0) is 76.7 Å². The molecule has 3 N–H and O–H groups in total. The average molecular weight is 423 g/mol. The Labute approximate surface area is 184 Å². The summed E-state index contributed by atoms with van der Waals surface area (Å²) >= 11 is 0. The molecule has 6 heteroatoms. The summed E-state index contributed by atoms with van der Waals surface area (Å²) < 4.78 is 2.22. The van der Waals surface area contributed by atoms with Gasteiger partial charge in [-0.25, -0.2) is 9.78 Å². The summed E-state index contributed by atoms with van der Waals surface area (Å²) in [6, 6.07) is 8.55. The Morgan fingerprint density at radius 3 is 2.55 bits per heavy atom. The third kappa shape index (κ3) is 3.55. The first-order valence-electron chi connectivity index (χ1n) is 11.6. The van der Waals surface area contributed by atoms with E-state index in [9.17, 15) is 9.90 Å². The molecule has 2 bridgehead atoms. The number of carbonyl (C=O) groups excluding carboxylic acids is 1. The second kappa shape index (κ2) is 7.09. The zero-order valence-electron chi connectivity index (χ0n) is 18.8. The molecule has 0 saturated heterocycles. The number of amides is 2. The molecule has 3 aliphatic carbocycles. The highest BCUT2D eigenvalue weighted by Crippen LogP contribution is 2.56. The molecule has 1 aliphatic heterocycles. The number of hydrogen-bond donors (Lipinski definition) is 3. The largest absolute Gasteiger partial charge is 0.392 e. The molecule has 6 nitrogen and oxygen atoms in total. The standard InChI is InChI=1S/C25H34N4O2/c1-23(2,3)27-22(31)28-25-11-8-24(9-12-25,10-13-25)21(30)14-19-17-6-4-5-7-18(17)20-15-26-16-29(19)20/h4-7,15-16,19,21,30H,8-14H2,1-3H3,(H2,27,28,31). The minimum absolute atomic E-state index is 0.0395. The predicted octanol–water partition coefficient (Wildman–Crippen LogP) is 4.39. The zero-order chi connectivity index (χ0) is 21.9. The van der Waals surface area contributed by atoms with E-state index in [1.54, 1.807) is 0 Å². The van der Waals surface area contributed by atoms with Crippen LogP contribution in [-0.4, -0.2) is 37.9 Å². The molecule has 1 aromatic carbocycles. The van der Waals surface area contributed by atoms with Gasteiger partial charge in [-0.1, -0.05) is 24.3 Å². The van der Waals surface area contributed by atoms with Gasteiger partial charge in [-0.2, -0.15) is 0 Å². The van der Waals surface area contributed by atoms with Crippen molar-refractivity contribution in [3.63, 3.8) is 0 Å².